The van der Waals surface area contributed by atoms with E-state index < -0.39 is 0 Å². The number of aryl methyl sites for hydroxylation is 2. The number of unbranched alkanes of at least 4 members (excludes halogenated alkanes) is 1. The predicted octanol–water partition coefficient (Wildman–Crippen LogP) is 3.96. The van der Waals surface area contributed by atoms with E-state index in [1.54, 1.807) is 24.3 Å². The van der Waals surface area contributed by atoms with Gasteiger partial charge in [-0.15, -0.1) is 16.4 Å². The number of thiophene rings is 1. The average Bonchev–Trinajstić information content (AvgIpc) is 3.08. The molecule has 4 aromatic rings. The standard InChI is InChI=1S/C21H20N4O3S/c1-4-5-10-28-21(27)14-6-8-15(9-7-14)25-20(26)18-17(23-24-25)16-12(2)11-13(3)22-19(16)29-18/h6-9,11H,4-5,10H2,1-3H3. The van der Waals surface area contributed by atoms with Crippen molar-refractivity contribution in [1.29, 1.82) is 0 Å². The molecule has 0 amide bonds. The molecule has 0 fully saturated rings. The number of esters is 1. The number of rotatable bonds is 5. The highest BCUT2D eigenvalue weighted by Crippen LogP contribution is 2.31. The van der Waals surface area contributed by atoms with Gasteiger partial charge in [-0.05, 0) is 56.2 Å². The third-order valence-electron chi connectivity index (χ3n) is 4.66. The zero-order valence-corrected chi connectivity index (χ0v) is 17.2. The molecule has 1 aromatic carbocycles. The van der Waals surface area contributed by atoms with Crippen LogP contribution in [-0.4, -0.2) is 32.6 Å². The fraction of sp³-hybridized carbons (Fsp3) is 0.286. The van der Waals surface area contributed by atoms with Gasteiger partial charge in [0.05, 0.1) is 17.9 Å². The molecule has 7 nitrogen and oxygen atoms in total. The zero-order chi connectivity index (χ0) is 20.5. The lowest BCUT2D eigenvalue weighted by Gasteiger charge is -2.06. The molecule has 0 saturated heterocycles. The molecule has 0 atom stereocenters. The number of carbonyl (C=O) groups is 1. The number of pyridine rings is 1. The second kappa shape index (κ2) is 7.71. The SMILES string of the molecule is CCCCOC(=O)c1ccc(-n2nnc3c(sc4nc(C)cc(C)c43)c2=O)cc1. The lowest BCUT2D eigenvalue weighted by Crippen LogP contribution is -2.21. The Balaban J connectivity index is 1.72. The number of nitrogens with zero attached hydrogens (tertiary/aromatic N) is 4. The van der Waals surface area contributed by atoms with Crippen molar-refractivity contribution in [2.24, 2.45) is 0 Å². The molecular formula is C21H20N4O3S. The maximum atomic E-state index is 13.0. The number of ether oxygens (including phenoxy) is 1. The summed E-state index contributed by atoms with van der Waals surface area (Å²) in [6.45, 7) is 6.34. The smallest absolute Gasteiger partial charge is 0.338 e. The number of hydrogen-bond acceptors (Lipinski definition) is 7. The van der Waals surface area contributed by atoms with Crippen LogP contribution >= 0.6 is 11.3 Å². The molecule has 0 N–H and O–H groups in total. The van der Waals surface area contributed by atoms with Crippen molar-refractivity contribution < 1.29 is 9.53 Å². The fourth-order valence-electron chi connectivity index (χ4n) is 3.19. The topological polar surface area (TPSA) is 87.0 Å². The summed E-state index contributed by atoms with van der Waals surface area (Å²) < 4.78 is 6.96. The highest BCUT2D eigenvalue weighted by molar-refractivity contribution is 7.25. The van der Waals surface area contributed by atoms with E-state index >= 15 is 0 Å². The Morgan fingerprint density at radius 2 is 1.97 bits per heavy atom. The van der Waals surface area contributed by atoms with Gasteiger partial charge >= 0.3 is 5.97 Å². The van der Waals surface area contributed by atoms with Crippen LogP contribution in [0, 0.1) is 13.8 Å². The minimum absolute atomic E-state index is 0.256. The Kier molecular flexibility index (Phi) is 5.10. The molecule has 148 valence electrons. The molecule has 0 unspecified atom stereocenters. The van der Waals surface area contributed by atoms with E-state index in [1.807, 2.05) is 26.8 Å². The van der Waals surface area contributed by atoms with Crippen molar-refractivity contribution in [2.75, 3.05) is 6.61 Å². The average molecular weight is 408 g/mol. The van der Waals surface area contributed by atoms with Gasteiger partial charge in [0.2, 0.25) is 0 Å². The maximum absolute atomic E-state index is 13.0. The molecule has 0 aliphatic rings. The second-order valence-electron chi connectivity index (χ2n) is 6.88. The summed E-state index contributed by atoms with van der Waals surface area (Å²) in [5.74, 6) is -0.375. The molecule has 3 aromatic heterocycles. The summed E-state index contributed by atoms with van der Waals surface area (Å²) in [6, 6.07) is 8.56. The zero-order valence-electron chi connectivity index (χ0n) is 16.4. The van der Waals surface area contributed by atoms with E-state index in [-0.39, 0.29) is 11.5 Å². The highest BCUT2D eigenvalue weighted by Gasteiger charge is 2.17. The maximum Gasteiger partial charge on any atom is 0.338 e. The van der Waals surface area contributed by atoms with Crippen molar-refractivity contribution >= 4 is 37.7 Å². The molecule has 8 heteroatoms. The molecule has 3 heterocycles. The van der Waals surface area contributed by atoms with Crippen molar-refractivity contribution in [1.82, 2.24) is 20.0 Å². The molecule has 29 heavy (non-hydrogen) atoms. The monoisotopic (exact) mass is 408 g/mol. The normalized spacial score (nSPS) is 11.3. The Morgan fingerprint density at radius 3 is 2.69 bits per heavy atom. The van der Waals surface area contributed by atoms with Gasteiger partial charge in [0.15, 0.2) is 0 Å². The third kappa shape index (κ3) is 3.51. The van der Waals surface area contributed by atoms with Gasteiger partial charge in [0, 0.05) is 11.1 Å². The minimum Gasteiger partial charge on any atom is -0.462 e. The number of hydrogen-bond donors (Lipinski definition) is 0. The van der Waals surface area contributed by atoms with Crippen molar-refractivity contribution in [3.63, 3.8) is 0 Å². The Hall–Kier alpha value is -3.13. The van der Waals surface area contributed by atoms with E-state index in [0.29, 0.717) is 28.1 Å². The molecule has 0 bridgehead atoms. The van der Waals surface area contributed by atoms with Crippen LogP contribution < -0.4 is 5.56 Å². The van der Waals surface area contributed by atoms with Crippen LogP contribution in [0.3, 0.4) is 0 Å². The van der Waals surface area contributed by atoms with Crippen molar-refractivity contribution in [3.05, 3.63) is 57.5 Å². The first-order chi connectivity index (χ1) is 14.0. The fourth-order valence-corrected chi connectivity index (χ4v) is 4.35. The van der Waals surface area contributed by atoms with E-state index in [1.165, 1.54) is 16.0 Å². The summed E-state index contributed by atoms with van der Waals surface area (Å²) in [5, 5.41) is 9.28. The predicted molar refractivity (Wildman–Crippen MR) is 113 cm³/mol. The molecule has 0 saturated carbocycles. The largest absolute Gasteiger partial charge is 0.462 e. The van der Waals surface area contributed by atoms with Crippen LogP contribution in [0.1, 0.15) is 41.4 Å². The number of fused-ring (bicyclic) bond motifs is 3. The molecule has 0 aliphatic heterocycles. The van der Waals surface area contributed by atoms with Gasteiger partial charge in [-0.2, -0.15) is 4.68 Å². The first-order valence-electron chi connectivity index (χ1n) is 9.43. The van der Waals surface area contributed by atoms with Crippen LogP contribution in [0.2, 0.25) is 0 Å². The molecule has 0 radical (unpaired) electrons. The van der Waals surface area contributed by atoms with Crippen LogP contribution in [0.15, 0.2) is 35.1 Å². The Morgan fingerprint density at radius 1 is 1.21 bits per heavy atom. The number of aromatic nitrogens is 4. The Bertz CT molecular complexity index is 1280. The second-order valence-corrected chi connectivity index (χ2v) is 7.88. The van der Waals surface area contributed by atoms with Gasteiger partial charge in [0.25, 0.3) is 5.56 Å². The first kappa shape index (κ1) is 19.2. The Labute approximate surface area is 171 Å². The molecule has 4 rings (SSSR count). The molecular weight excluding hydrogens is 388 g/mol. The summed E-state index contributed by atoms with van der Waals surface area (Å²) in [6.07, 6.45) is 1.79. The van der Waals surface area contributed by atoms with Gasteiger partial charge in [-0.25, -0.2) is 9.78 Å². The summed E-state index contributed by atoms with van der Waals surface area (Å²) >= 11 is 1.32. The van der Waals surface area contributed by atoms with Crippen molar-refractivity contribution in [2.45, 2.75) is 33.6 Å². The first-order valence-corrected chi connectivity index (χ1v) is 10.2. The van der Waals surface area contributed by atoms with E-state index in [9.17, 15) is 9.59 Å². The van der Waals surface area contributed by atoms with Crippen LogP contribution in [0.5, 0.6) is 0 Å². The van der Waals surface area contributed by atoms with Crippen molar-refractivity contribution in [3.8, 4) is 5.69 Å². The van der Waals surface area contributed by atoms with Gasteiger partial charge in [0.1, 0.15) is 15.0 Å². The summed E-state index contributed by atoms with van der Waals surface area (Å²) in [4.78, 5) is 30.4. The minimum atomic E-state index is -0.375. The molecule has 0 aliphatic carbocycles. The quantitative estimate of drug-likeness (QED) is 0.367. The highest BCUT2D eigenvalue weighted by atomic mass is 32.1. The summed E-state index contributed by atoms with van der Waals surface area (Å²) in [7, 11) is 0. The lowest BCUT2D eigenvalue weighted by molar-refractivity contribution is 0.0500. The van der Waals surface area contributed by atoms with E-state index in [4.69, 9.17) is 4.74 Å². The summed E-state index contributed by atoms with van der Waals surface area (Å²) in [5.41, 5.74) is 3.21. The van der Waals surface area contributed by atoms with Gasteiger partial charge in [-0.3, -0.25) is 4.79 Å². The van der Waals surface area contributed by atoms with Crippen LogP contribution in [0.25, 0.3) is 26.1 Å². The van der Waals surface area contributed by atoms with E-state index in [2.05, 4.69) is 15.3 Å². The molecule has 0 spiro atoms. The third-order valence-corrected chi connectivity index (χ3v) is 5.72. The number of carbonyl (C=O) groups excluding carboxylic acids is 1. The lowest BCUT2D eigenvalue weighted by atomic mass is 10.1. The van der Waals surface area contributed by atoms with E-state index in [0.717, 1.165) is 34.3 Å². The van der Waals surface area contributed by atoms with Gasteiger partial charge in [-0.1, -0.05) is 18.6 Å². The van der Waals surface area contributed by atoms with Crippen LogP contribution in [0.4, 0.5) is 0 Å². The van der Waals surface area contributed by atoms with Crippen LogP contribution in [-0.2, 0) is 4.74 Å². The van der Waals surface area contributed by atoms with Gasteiger partial charge < -0.3 is 4.74 Å². The number of benzene rings is 1.